The second kappa shape index (κ2) is 14.5. The van der Waals surface area contributed by atoms with Crippen LogP contribution < -0.4 is 19.7 Å². The van der Waals surface area contributed by atoms with Gasteiger partial charge < -0.3 is 29.4 Å². The average Bonchev–Trinajstić information content (AvgIpc) is 3.66. The standard InChI is InChI=1S/C39H34N4O7S/c1-48-31-19-17-28-20-30(18-16-29(28)21-31)43(51(46)47)39(34-24-49-25-50-34,22-26-10-4-2-5-11-26)23-35(44)41-37-38(45)40-33-15-9-8-14-32(33)36(42-37)27-12-6-3-7-13-27/h2-21,24,37H,22-23,25H2,1H3,(H,40,45)(H,41,44)(H,46,47)/p-1. The average molecular weight is 702 g/mol. The number of carbonyl (C=O) groups is 2. The Morgan fingerprint density at radius 3 is 2.41 bits per heavy atom. The number of nitrogens with zero attached hydrogens (tertiary/aromatic N) is 2. The predicted octanol–water partition coefficient (Wildman–Crippen LogP) is 5.60. The van der Waals surface area contributed by atoms with Crippen LogP contribution in [0.5, 0.6) is 5.75 Å². The number of benzodiazepines with no additional fused rings is 1. The van der Waals surface area contributed by atoms with Gasteiger partial charge in [-0.3, -0.25) is 18.1 Å². The molecule has 3 atom stereocenters. The van der Waals surface area contributed by atoms with E-state index in [1.54, 1.807) is 43.5 Å². The lowest BCUT2D eigenvalue weighted by Crippen LogP contribution is -2.56. The van der Waals surface area contributed by atoms with Crippen LogP contribution in [0, 0.1) is 0 Å². The largest absolute Gasteiger partial charge is 0.755 e. The highest BCUT2D eigenvalue weighted by Crippen LogP contribution is 2.41. The molecule has 3 unspecified atom stereocenters. The van der Waals surface area contributed by atoms with Gasteiger partial charge in [-0.2, -0.15) is 0 Å². The highest BCUT2D eigenvalue weighted by molar-refractivity contribution is 7.80. The summed E-state index contributed by atoms with van der Waals surface area (Å²) in [5, 5.41) is 7.25. The molecule has 0 aromatic heterocycles. The molecule has 0 saturated carbocycles. The molecule has 2 heterocycles. The Labute approximate surface area is 297 Å². The third-order valence-electron chi connectivity index (χ3n) is 8.82. The van der Waals surface area contributed by atoms with Crippen LogP contribution in [0.15, 0.2) is 138 Å². The lowest BCUT2D eigenvalue weighted by molar-refractivity contribution is -0.127. The van der Waals surface area contributed by atoms with E-state index in [2.05, 4.69) is 10.6 Å². The molecule has 51 heavy (non-hydrogen) atoms. The monoisotopic (exact) mass is 701 g/mol. The maximum atomic E-state index is 14.4. The molecule has 5 aromatic rings. The molecule has 7 rings (SSSR count). The molecule has 0 saturated heterocycles. The SMILES string of the molecule is COc1ccc2cc(N(S(=O)[O-])C(CC(=O)NC3N=C(c4ccccc4)c4ccccc4NC3=O)(Cc3ccccc3)C3=COCO3)ccc2c1. The van der Waals surface area contributed by atoms with E-state index in [9.17, 15) is 18.4 Å². The van der Waals surface area contributed by atoms with E-state index < -0.39 is 41.2 Å². The van der Waals surface area contributed by atoms with Gasteiger partial charge in [0.1, 0.15) is 17.6 Å². The number of aliphatic imine (C=N–C) groups is 1. The summed E-state index contributed by atoms with van der Waals surface area (Å²) in [7, 11) is 1.57. The summed E-state index contributed by atoms with van der Waals surface area (Å²) in [4.78, 5) is 32.8. The molecule has 5 aromatic carbocycles. The Hall–Kier alpha value is -5.98. The molecule has 2 amide bonds. The minimum Gasteiger partial charge on any atom is -0.755 e. The molecule has 2 aliphatic heterocycles. The summed E-state index contributed by atoms with van der Waals surface area (Å²) in [5.74, 6) is -0.415. The molecule has 12 heteroatoms. The summed E-state index contributed by atoms with van der Waals surface area (Å²) >= 11 is -2.94. The van der Waals surface area contributed by atoms with Gasteiger partial charge in [0.15, 0.2) is 5.76 Å². The van der Waals surface area contributed by atoms with Crippen LogP contribution in [0.4, 0.5) is 11.4 Å². The summed E-state index contributed by atoms with van der Waals surface area (Å²) in [6, 6.07) is 36.4. The number of hydrogen-bond donors (Lipinski definition) is 2. The van der Waals surface area contributed by atoms with Crippen molar-refractivity contribution in [2.75, 3.05) is 23.5 Å². The minimum absolute atomic E-state index is 0.0198. The van der Waals surface area contributed by atoms with E-state index in [-0.39, 0.29) is 24.7 Å². The van der Waals surface area contributed by atoms with Crippen LogP contribution in [0.2, 0.25) is 0 Å². The first-order valence-electron chi connectivity index (χ1n) is 16.1. The zero-order valence-electron chi connectivity index (χ0n) is 27.5. The molecular formula is C39H33N4O7S-. The quantitative estimate of drug-likeness (QED) is 0.171. The molecule has 0 radical (unpaired) electrons. The number of nitrogens with one attached hydrogen (secondary N) is 2. The van der Waals surface area contributed by atoms with Crippen molar-refractivity contribution < 1.29 is 32.6 Å². The van der Waals surface area contributed by atoms with Crippen LogP contribution in [-0.2, 0) is 36.8 Å². The van der Waals surface area contributed by atoms with Crippen molar-refractivity contribution in [3.8, 4) is 5.75 Å². The van der Waals surface area contributed by atoms with Crippen molar-refractivity contribution in [1.82, 2.24) is 5.32 Å². The van der Waals surface area contributed by atoms with Crippen molar-refractivity contribution in [1.29, 1.82) is 0 Å². The van der Waals surface area contributed by atoms with Crippen LogP contribution >= 0.6 is 0 Å². The lowest BCUT2D eigenvalue weighted by Gasteiger charge is -2.45. The number of amides is 2. The number of carbonyl (C=O) groups excluding carboxylic acids is 2. The summed E-state index contributed by atoms with van der Waals surface area (Å²) in [6.45, 7) is -0.168. The molecule has 0 spiro atoms. The van der Waals surface area contributed by atoms with Crippen LogP contribution in [0.3, 0.4) is 0 Å². The number of benzene rings is 5. The summed E-state index contributed by atoms with van der Waals surface area (Å²) in [5.41, 5.74) is 1.84. The van der Waals surface area contributed by atoms with Crippen molar-refractivity contribution in [3.05, 3.63) is 150 Å². The van der Waals surface area contributed by atoms with Gasteiger partial charge in [0, 0.05) is 28.8 Å². The Kier molecular flexibility index (Phi) is 9.51. The molecule has 0 bridgehead atoms. The van der Waals surface area contributed by atoms with Gasteiger partial charge in [-0.15, -0.1) is 0 Å². The third-order valence-corrected chi connectivity index (χ3v) is 9.68. The van der Waals surface area contributed by atoms with Gasteiger partial charge in [0.2, 0.25) is 18.9 Å². The molecule has 0 fully saturated rings. The fourth-order valence-corrected chi connectivity index (χ4v) is 7.28. The first-order valence-corrected chi connectivity index (χ1v) is 17.2. The number of hydrogen-bond acceptors (Lipinski definition) is 8. The van der Waals surface area contributed by atoms with Crippen molar-refractivity contribution in [2.45, 2.75) is 24.5 Å². The topological polar surface area (TPSA) is 142 Å². The Morgan fingerprint density at radius 2 is 1.69 bits per heavy atom. The predicted molar refractivity (Wildman–Crippen MR) is 194 cm³/mol. The first kappa shape index (κ1) is 33.5. The zero-order chi connectivity index (χ0) is 35.4. The smallest absolute Gasteiger partial charge is 0.269 e. The van der Waals surface area contributed by atoms with Crippen molar-refractivity contribution in [2.24, 2.45) is 4.99 Å². The number of methoxy groups -OCH3 is 1. The molecular weight excluding hydrogens is 669 g/mol. The maximum absolute atomic E-state index is 14.4. The number of anilines is 2. The third kappa shape index (κ3) is 6.91. The van der Waals surface area contributed by atoms with Gasteiger partial charge in [-0.1, -0.05) is 91.0 Å². The highest BCUT2D eigenvalue weighted by atomic mass is 32.2. The maximum Gasteiger partial charge on any atom is 0.269 e. The van der Waals surface area contributed by atoms with Crippen molar-refractivity contribution in [3.63, 3.8) is 0 Å². The summed E-state index contributed by atoms with van der Waals surface area (Å²) < 4.78 is 44.9. The van der Waals surface area contributed by atoms with E-state index in [1.165, 1.54) is 6.26 Å². The molecule has 11 nitrogen and oxygen atoms in total. The van der Waals surface area contributed by atoms with E-state index in [1.807, 2.05) is 84.9 Å². The fraction of sp³-hybridized carbons (Fsp3) is 0.154. The number of fused-ring (bicyclic) bond motifs is 2. The van der Waals surface area contributed by atoms with Crippen LogP contribution in [0.1, 0.15) is 23.1 Å². The molecule has 2 N–H and O–H groups in total. The number of rotatable bonds is 11. The van der Waals surface area contributed by atoms with Crippen LogP contribution in [-0.4, -0.2) is 51.9 Å². The van der Waals surface area contributed by atoms with Crippen LogP contribution in [0.25, 0.3) is 10.8 Å². The van der Waals surface area contributed by atoms with Crippen molar-refractivity contribution >= 4 is 50.9 Å². The first-order chi connectivity index (χ1) is 24.8. The van der Waals surface area contributed by atoms with E-state index >= 15 is 0 Å². The Balaban J connectivity index is 1.31. The fourth-order valence-electron chi connectivity index (χ4n) is 6.49. The lowest BCUT2D eigenvalue weighted by atomic mass is 9.84. The number of ether oxygens (including phenoxy) is 3. The van der Waals surface area contributed by atoms with Gasteiger partial charge in [-0.05, 0) is 46.7 Å². The second-order valence-corrected chi connectivity index (χ2v) is 12.8. The summed E-state index contributed by atoms with van der Waals surface area (Å²) in [6.07, 6.45) is -0.446. The second-order valence-electron chi connectivity index (χ2n) is 12.0. The van der Waals surface area contributed by atoms with Gasteiger partial charge in [0.25, 0.3) is 5.91 Å². The van der Waals surface area contributed by atoms with Gasteiger partial charge in [-0.25, -0.2) is 4.99 Å². The molecule has 2 aliphatic rings. The Bertz CT molecular complexity index is 2180. The van der Waals surface area contributed by atoms with Gasteiger partial charge in [0.05, 0.1) is 30.6 Å². The highest BCUT2D eigenvalue weighted by Gasteiger charge is 2.48. The van der Waals surface area contributed by atoms with E-state index in [0.717, 1.165) is 26.2 Å². The number of para-hydroxylation sites is 1. The van der Waals surface area contributed by atoms with E-state index in [0.29, 0.717) is 22.7 Å². The zero-order valence-corrected chi connectivity index (χ0v) is 28.3. The normalized spacial score (nSPS) is 16.9. The van der Waals surface area contributed by atoms with E-state index in [4.69, 9.17) is 19.2 Å². The Morgan fingerprint density at radius 1 is 0.980 bits per heavy atom. The molecule has 0 aliphatic carbocycles. The molecule has 258 valence electrons. The minimum atomic E-state index is -2.94. The van der Waals surface area contributed by atoms with Gasteiger partial charge >= 0.3 is 0 Å².